The summed E-state index contributed by atoms with van der Waals surface area (Å²) in [7, 11) is 0. The summed E-state index contributed by atoms with van der Waals surface area (Å²) in [4.78, 5) is 91.9. The van der Waals surface area contributed by atoms with Crippen molar-refractivity contribution in [2.75, 3.05) is 0 Å². The molecule has 11 heteroatoms. The number of carbonyl (C=O) groups excluding carboxylic acids is 5. The van der Waals surface area contributed by atoms with Gasteiger partial charge in [-0.3, -0.25) is 24.0 Å². The Morgan fingerprint density at radius 1 is 0.261 bits per heavy atom. The molecule has 0 fully saturated rings. The lowest BCUT2D eigenvalue weighted by Gasteiger charge is -2.08. The molecule has 0 aliphatic rings. The van der Waals surface area contributed by atoms with Crippen LogP contribution in [0.15, 0.2) is 121 Å². The molecular weight excluding hydrogens is 584 g/mol. The summed E-state index contributed by atoms with van der Waals surface area (Å²) in [5.74, 6) is -6.93. The lowest BCUT2D eigenvalue weighted by atomic mass is 10.1. The van der Waals surface area contributed by atoms with Crippen molar-refractivity contribution < 1.29 is 24.0 Å². The summed E-state index contributed by atoms with van der Waals surface area (Å²) in [6, 6.07) is 32.2. The standard InChI is InChI=1S/C35H20N6O5/c42-25(21-13-5-1-6-14-21)30-36-31(26(43)22-15-7-2-8-16-22)39-34(38-30)29(46)35-40-32(27(44)23-17-9-3-10-18-23)37-33(41-35)28(45)24-19-11-4-12-20-24/h1-20H. The number of hydrogen-bond donors (Lipinski definition) is 0. The average molecular weight is 605 g/mol. The van der Waals surface area contributed by atoms with Gasteiger partial charge in [0.05, 0.1) is 0 Å². The van der Waals surface area contributed by atoms with Crippen LogP contribution < -0.4 is 0 Å². The van der Waals surface area contributed by atoms with Crippen molar-refractivity contribution >= 4 is 28.9 Å². The van der Waals surface area contributed by atoms with Gasteiger partial charge in [0.1, 0.15) is 0 Å². The highest BCUT2D eigenvalue weighted by Gasteiger charge is 2.28. The lowest BCUT2D eigenvalue weighted by molar-refractivity contribution is 0.100. The first kappa shape index (κ1) is 29.3. The van der Waals surface area contributed by atoms with Crippen molar-refractivity contribution in [2.24, 2.45) is 0 Å². The maximum Gasteiger partial charge on any atom is 0.267 e. The van der Waals surface area contributed by atoms with Crippen molar-refractivity contribution in [1.29, 1.82) is 0 Å². The van der Waals surface area contributed by atoms with Gasteiger partial charge in [-0.05, 0) is 0 Å². The number of nitrogens with zero attached hydrogens (tertiary/aromatic N) is 6. The van der Waals surface area contributed by atoms with Gasteiger partial charge < -0.3 is 0 Å². The van der Waals surface area contributed by atoms with E-state index in [0.29, 0.717) is 0 Å². The molecule has 0 aliphatic carbocycles. The van der Waals surface area contributed by atoms with E-state index in [0.717, 1.165) is 0 Å². The zero-order valence-corrected chi connectivity index (χ0v) is 23.8. The fraction of sp³-hybridized carbons (Fsp3) is 0. The summed E-state index contributed by atoms with van der Waals surface area (Å²) in [5, 5.41) is 0. The molecule has 6 rings (SSSR count). The fourth-order valence-corrected chi connectivity index (χ4v) is 4.34. The number of aromatic nitrogens is 6. The summed E-state index contributed by atoms with van der Waals surface area (Å²) >= 11 is 0. The minimum absolute atomic E-state index is 0.205. The van der Waals surface area contributed by atoms with Crippen LogP contribution in [0.2, 0.25) is 0 Å². The van der Waals surface area contributed by atoms with E-state index in [1.807, 2.05) is 0 Å². The van der Waals surface area contributed by atoms with Crippen molar-refractivity contribution in [3.63, 3.8) is 0 Å². The van der Waals surface area contributed by atoms with Gasteiger partial charge in [-0.25, -0.2) is 29.9 Å². The third kappa shape index (κ3) is 6.15. The lowest BCUT2D eigenvalue weighted by Crippen LogP contribution is -2.23. The topological polar surface area (TPSA) is 163 Å². The van der Waals surface area contributed by atoms with Crippen LogP contribution in [0.4, 0.5) is 0 Å². The molecule has 0 spiro atoms. The van der Waals surface area contributed by atoms with Crippen molar-refractivity contribution in [1.82, 2.24) is 29.9 Å². The first-order chi connectivity index (χ1) is 22.4. The molecule has 11 nitrogen and oxygen atoms in total. The van der Waals surface area contributed by atoms with Crippen LogP contribution in [-0.2, 0) is 0 Å². The monoisotopic (exact) mass is 604 g/mol. The fourth-order valence-electron chi connectivity index (χ4n) is 4.34. The molecule has 46 heavy (non-hydrogen) atoms. The number of ketones is 5. The zero-order valence-electron chi connectivity index (χ0n) is 23.8. The number of rotatable bonds is 10. The summed E-state index contributed by atoms with van der Waals surface area (Å²) in [6.07, 6.45) is 0. The van der Waals surface area contributed by atoms with Crippen LogP contribution in [0.5, 0.6) is 0 Å². The van der Waals surface area contributed by atoms with Gasteiger partial charge in [-0.2, -0.15) is 0 Å². The third-order valence-corrected chi connectivity index (χ3v) is 6.63. The molecule has 0 N–H and O–H groups in total. The number of hydrogen-bond acceptors (Lipinski definition) is 11. The molecule has 0 unspecified atom stereocenters. The summed E-state index contributed by atoms with van der Waals surface area (Å²) < 4.78 is 0. The van der Waals surface area contributed by atoms with E-state index in [9.17, 15) is 24.0 Å². The normalized spacial score (nSPS) is 10.6. The molecule has 0 saturated heterocycles. The second-order valence-electron chi connectivity index (χ2n) is 9.72. The Hall–Kier alpha value is -6.75. The summed E-state index contributed by atoms with van der Waals surface area (Å²) in [5.41, 5.74) is 0.822. The van der Waals surface area contributed by atoms with Crippen LogP contribution in [0, 0.1) is 0 Å². The average Bonchev–Trinajstić information content (AvgIpc) is 3.14. The largest absolute Gasteiger partial charge is 0.285 e. The predicted octanol–water partition coefficient (Wildman–Crippen LogP) is 4.21. The van der Waals surface area contributed by atoms with Gasteiger partial charge >= 0.3 is 0 Å². The van der Waals surface area contributed by atoms with E-state index in [4.69, 9.17) is 0 Å². The zero-order chi connectivity index (χ0) is 32.0. The van der Waals surface area contributed by atoms with E-state index < -0.39 is 63.9 Å². The van der Waals surface area contributed by atoms with Gasteiger partial charge in [0, 0.05) is 22.3 Å². The van der Waals surface area contributed by atoms with Gasteiger partial charge in [-0.1, -0.05) is 121 Å². The van der Waals surface area contributed by atoms with Crippen molar-refractivity contribution in [2.45, 2.75) is 0 Å². The molecule has 0 aliphatic heterocycles. The van der Waals surface area contributed by atoms with E-state index in [1.54, 1.807) is 72.8 Å². The quantitative estimate of drug-likeness (QED) is 0.206. The SMILES string of the molecule is O=C(c1ccccc1)c1nc(C(=O)c2ccccc2)nc(C(=O)c2nc(C(=O)c3ccccc3)nc(C(=O)c3ccccc3)n2)n1. The Bertz CT molecular complexity index is 1830. The summed E-state index contributed by atoms with van der Waals surface area (Å²) in [6.45, 7) is 0. The third-order valence-electron chi connectivity index (χ3n) is 6.63. The van der Waals surface area contributed by atoms with Crippen molar-refractivity contribution in [3.8, 4) is 0 Å². The first-order valence-electron chi connectivity index (χ1n) is 13.8. The van der Waals surface area contributed by atoms with Crippen LogP contribution in [0.25, 0.3) is 0 Å². The van der Waals surface area contributed by atoms with Crippen molar-refractivity contribution in [3.05, 3.63) is 179 Å². The molecule has 2 heterocycles. The van der Waals surface area contributed by atoms with E-state index in [2.05, 4.69) is 29.9 Å². The van der Waals surface area contributed by atoms with E-state index in [1.165, 1.54) is 48.5 Å². The van der Waals surface area contributed by atoms with Gasteiger partial charge in [0.2, 0.25) is 58.1 Å². The minimum Gasteiger partial charge on any atom is -0.285 e. The molecular formula is C35H20N6O5. The molecule has 4 aromatic carbocycles. The Balaban J connectivity index is 1.49. The van der Waals surface area contributed by atoms with Gasteiger partial charge in [0.25, 0.3) is 5.78 Å². The van der Waals surface area contributed by atoms with Gasteiger partial charge in [0.15, 0.2) is 0 Å². The van der Waals surface area contributed by atoms with Crippen LogP contribution in [0.3, 0.4) is 0 Å². The maximum absolute atomic E-state index is 13.9. The second-order valence-corrected chi connectivity index (χ2v) is 9.72. The Morgan fingerprint density at radius 2 is 0.435 bits per heavy atom. The first-order valence-corrected chi connectivity index (χ1v) is 13.8. The van der Waals surface area contributed by atoms with Crippen LogP contribution in [-0.4, -0.2) is 58.8 Å². The van der Waals surface area contributed by atoms with Crippen LogP contribution in [0.1, 0.15) is 81.2 Å². The predicted molar refractivity (Wildman–Crippen MR) is 163 cm³/mol. The molecule has 0 atom stereocenters. The van der Waals surface area contributed by atoms with E-state index in [-0.39, 0.29) is 22.3 Å². The Morgan fingerprint density at radius 3 is 0.630 bits per heavy atom. The van der Waals surface area contributed by atoms with Gasteiger partial charge in [-0.15, -0.1) is 0 Å². The molecule has 220 valence electrons. The van der Waals surface area contributed by atoms with E-state index >= 15 is 0 Å². The number of carbonyl (C=O) groups is 5. The smallest absolute Gasteiger partial charge is 0.267 e. The molecule has 0 amide bonds. The highest BCUT2D eigenvalue weighted by atomic mass is 16.2. The van der Waals surface area contributed by atoms with Crippen LogP contribution >= 0.6 is 0 Å². The maximum atomic E-state index is 13.9. The molecule has 0 saturated carbocycles. The molecule has 0 radical (unpaired) electrons. The minimum atomic E-state index is -1.07. The molecule has 0 bridgehead atoms. The second kappa shape index (κ2) is 12.9. The molecule has 2 aromatic heterocycles. The molecule has 6 aromatic rings. The Labute approximate surface area is 261 Å². The Kier molecular flexibility index (Phi) is 8.20. The number of benzene rings is 4. The highest BCUT2D eigenvalue weighted by Crippen LogP contribution is 2.15. The highest BCUT2D eigenvalue weighted by molar-refractivity contribution is 6.13.